The molecule has 4 rings (SSSR count). The van der Waals surface area contributed by atoms with Crippen LogP contribution in [0.4, 0.5) is 0 Å². The second kappa shape index (κ2) is 8.85. The summed E-state index contributed by atoms with van der Waals surface area (Å²) < 4.78 is 5.52. The molecule has 2 aromatic rings. The molecule has 1 saturated carbocycles. The summed E-state index contributed by atoms with van der Waals surface area (Å²) in [5.41, 5.74) is 2.52. The monoisotopic (exact) mass is 423 g/mol. The van der Waals surface area contributed by atoms with Gasteiger partial charge < -0.3 is 14.7 Å². The third-order valence-corrected chi connectivity index (χ3v) is 6.13. The normalized spacial score (nSPS) is 21.6. The Hall–Kier alpha value is -2.63. The van der Waals surface area contributed by atoms with Gasteiger partial charge in [-0.2, -0.15) is 0 Å². The average molecular weight is 424 g/mol. The number of hydrogen-bond donors (Lipinski definition) is 1. The summed E-state index contributed by atoms with van der Waals surface area (Å²) in [6.45, 7) is 8.87. The molecule has 0 radical (unpaired) electrons. The third kappa shape index (κ3) is 5.00. The van der Waals surface area contributed by atoms with Crippen molar-refractivity contribution >= 4 is 11.8 Å². The van der Waals surface area contributed by atoms with Crippen molar-refractivity contribution in [1.29, 1.82) is 0 Å². The summed E-state index contributed by atoms with van der Waals surface area (Å²) in [7, 11) is 0. The maximum Gasteiger partial charge on any atom is 0.276 e. The van der Waals surface area contributed by atoms with E-state index in [4.69, 9.17) is 4.52 Å². The van der Waals surface area contributed by atoms with E-state index in [0.717, 1.165) is 12.0 Å². The maximum absolute atomic E-state index is 13.4. The number of nitrogens with zero attached hydrogens (tertiary/aromatic N) is 2. The predicted octanol–water partition coefficient (Wildman–Crippen LogP) is 4.62. The second-order valence-corrected chi connectivity index (χ2v) is 9.91. The summed E-state index contributed by atoms with van der Waals surface area (Å²) in [6, 6.07) is 9.48. The molecule has 6 nitrogen and oxygen atoms in total. The van der Waals surface area contributed by atoms with Gasteiger partial charge in [-0.05, 0) is 49.0 Å². The van der Waals surface area contributed by atoms with Crippen molar-refractivity contribution in [3.63, 3.8) is 0 Å². The van der Waals surface area contributed by atoms with E-state index in [0.29, 0.717) is 36.5 Å². The lowest BCUT2D eigenvalue weighted by atomic mass is 9.94. The molecule has 2 heterocycles. The molecule has 6 heteroatoms. The van der Waals surface area contributed by atoms with Crippen LogP contribution in [0.1, 0.15) is 75.3 Å². The topological polar surface area (TPSA) is 75.4 Å². The second-order valence-electron chi connectivity index (χ2n) is 9.91. The fourth-order valence-electron chi connectivity index (χ4n) is 4.45. The summed E-state index contributed by atoms with van der Waals surface area (Å²) >= 11 is 0. The molecule has 2 atom stereocenters. The van der Waals surface area contributed by atoms with E-state index >= 15 is 0 Å². The first kappa shape index (κ1) is 21.6. The summed E-state index contributed by atoms with van der Waals surface area (Å²) in [5.74, 6) is 1.69. The Labute approximate surface area is 184 Å². The number of carbonyl (C=O) groups is 2. The molecule has 1 N–H and O–H groups in total. The van der Waals surface area contributed by atoms with Gasteiger partial charge in [0.15, 0.2) is 11.5 Å². The molecule has 0 spiro atoms. The molecule has 2 aliphatic rings. The Morgan fingerprint density at radius 1 is 1.13 bits per heavy atom. The molecule has 2 unspecified atom stereocenters. The average Bonchev–Trinajstić information content (AvgIpc) is 3.45. The minimum absolute atomic E-state index is 0.0406. The van der Waals surface area contributed by atoms with Gasteiger partial charge in [0.1, 0.15) is 6.04 Å². The van der Waals surface area contributed by atoms with Crippen molar-refractivity contribution < 1.29 is 14.1 Å². The van der Waals surface area contributed by atoms with Crippen molar-refractivity contribution in [2.24, 2.45) is 11.8 Å². The number of aromatic nitrogens is 1. The fraction of sp³-hybridized carbons (Fsp3) is 0.560. The van der Waals surface area contributed by atoms with Crippen molar-refractivity contribution in [1.82, 2.24) is 15.4 Å². The minimum Gasteiger partial charge on any atom is -0.355 e. The molecule has 166 valence electrons. The SMILES string of the molecule is CC(C)CC1CN(C(=O)c2cc(-c3ccc(C4CC4)cc3)on2)C(CC(C)C)C(=O)N1. The van der Waals surface area contributed by atoms with Crippen LogP contribution in [0.15, 0.2) is 34.9 Å². The van der Waals surface area contributed by atoms with E-state index in [1.54, 1.807) is 11.0 Å². The molecule has 31 heavy (non-hydrogen) atoms. The van der Waals surface area contributed by atoms with Crippen LogP contribution in [-0.2, 0) is 4.79 Å². The van der Waals surface area contributed by atoms with Crippen LogP contribution in [0.3, 0.4) is 0 Å². The van der Waals surface area contributed by atoms with Gasteiger partial charge in [-0.25, -0.2) is 0 Å². The lowest BCUT2D eigenvalue weighted by Gasteiger charge is -2.40. The molecule has 1 aromatic heterocycles. The Kier molecular flexibility index (Phi) is 6.17. The standard InChI is InChI=1S/C25H33N3O3/c1-15(2)11-20-14-28(22(12-16(3)4)24(29)26-20)25(30)21-13-23(31-27-21)19-9-7-18(8-10-19)17-5-6-17/h7-10,13,15-17,20,22H,5-6,11-12,14H2,1-4H3,(H,26,29). The van der Waals surface area contributed by atoms with Gasteiger partial charge >= 0.3 is 0 Å². The number of nitrogens with one attached hydrogen (secondary N) is 1. The van der Waals surface area contributed by atoms with Crippen LogP contribution in [0.2, 0.25) is 0 Å². The lowest BCUT2D eigenvalue weighted by molar-refractivity contribution is -0.130. The molecule has 0 bridgehead atoms. The van der Waals surface area contributed by atoms with Gasteiger partial charge in [-0.1, -0.05) is 57.1 Å². The van der Waals surface area contributed by atoms with Crippen molar-refractivity contribution in [2.45, 2.75) is 71.4 Å². The number of benzene rings is 1. The van der Waals surface area contributed by atoms with Gasteiger partial charge in [-0.15, -0.1) is 0 Å². The highest BCUT2D eigenvalue weighted by Crippen LogP contribution is 2.40. The number of rotatable bonds is 7. The highest BCUT2D eigenvalue weighted by molar-refractivity contribution is 5.97. The maximum atomic E-state index is 13.4. The zero-order valence-corrected chi connectivity index (χ0v) is 18.9. The first-order valence-corrected chi connectivity index (χ1v) is 11.5. The van der Waals surface area contributed by atoms with Crippen LogP contribution in [0.5, 0.6) is 0 Å². The molecule has 1 aromatic carbocycles. The van der Waals surface area contributed by atoms with Crippen molar-refractivity contribution in [3.8, 4) is 11.3 Å². The molecule has 1 saturated heterocycles. The fourth-order valence-corrected chi connectivity index (χ4v) is 4.45. The first-order valence-electron chi connectivity index (χ1n) is 11.5. The zero-order chi connectivity index (χ0) is 22.1. The number of piperazine rings is 1. The van der Waals surface area contributed by atoms with E-state index in [9.17, 15) is 9.59 Å². The summed E-state index contributed by atoms with van der Waals surface area (Å²) in [6.07, 6.45) is 3.98. The van der Waals surface area contributed by atoms with E-state index in [-0.39, 0.29) is 23.6 Å². The molecule has 2 amide bonds. The third-order valence-electron chi connectivity index (χ3n) is 6.13. The summed E-state index contributed by atoms with van der Waals surface area (Å²) in [5, 5.41) is 7.18. The first-order chi connectivity index (χ1) is 14.8. The predicted molar refractivity (Wildman–Crippen MR) is 120 cm³/mol. The molecule has 1 aliphatic heterocycles. The van der Waals surface area contributed by atoms with Crippen LogP contribution < -0.4 is 5.32 Å². The van der Waals surface area contributed by atoms with Gasteiger partial charge in [0.25, 0.3) is 5.91 Å². The molecule has 1 aliphatic carbocycles. The van der Waals surface area contributed by atoms with Crippen LogP contribution in [0, 0.1) is 11.8 Å². The smallest absolute Gasteiger partial charge is 0.276 e. The van der Waals surface area contributed by atoms with Gasteiger partial charge in [0.2, 0.25) is 5.91 Å². The molecule has 2 fully saturated rings. The van der Waals surface area contributed by atoms with Crippen molar-refractivity contribution in [3.05, 3.63) is 41.6 Å². The number of hydrogen-bond acceptors (Lipinski definition) is 4. The Bertz CT molecular complexity index is 928. The van der Waals surface area contributed by atoms with Crippen LogP contribution in [0.25, 0.3) is 11.3 Å². The minimum atomic E-state index is -0.478. The largest absolute Gasteiger partial charge is 0.355 e. The highest BCUT2D eigenvalue weighted by Gasteiger charge is 2.39. The van der Waals surface area contributed by atoms with Gasteiger partial charge in [0.05, 0.1) is 0 Å². The Morgan fingerprint density at radius 2 is 1.81 bits per heavy atom. The highest BCUT2D eigenvalue weighted by atomic mass is 16.5. The van der Waals surface area contributed by atoms with E-state index in [1.165, 1.54) is 18.4 Å². The molecular formula is C25H33N3O3. The van der Waals surface area contributed by atoms with Gasteiger partial charge in [0, 0.05) is 24.2 Å². The number of carbonyl (C=O) groups excluding carboxylic acids is 2. The number of amides is 2. The van der Waals surface area contributed by atoms with Crippen LogP contribution in [-0.4, -0.2) is 40.5 Å². The van der Waals surface area contributed by atoms with E-state index in [2.05, 4.69) is 50.3 Å². The Balaban J connectivity index is 1.54. The van der Waals surface area contributed by atoms with E-state index in [1.807, 2.05) is 12.1 Å². The zero-order valence-electron chi connectivity index (χ0n) is 18.9. The summed E-state index contributed by atoms with van der Waals surface area (Å²) in [4.78, 5) is 27.9. The van der Waals surface area contributed by atoms with E-state index < -0.39 is 6.04 Å². The Morgan fingerprint density at radius 3 is 2.42 bits per heavy atom. The van der Waals surface area contributed by atoms with Crippen molar-refractivity contribution in [2.75, 3.05) is 6.54 Å². The van der Waals surface area contributed by atoms with Crippen LogP contribution >= 0.6 is 0 Å². The molecular weight excluding hydrogens is 390 g/mol. The quantitative estimate of drug-likeness (QED) is 0.705. The van der Waals surface area contributed by atoms with Gasteiger partial charge in [-0.3, -0.25) is 9.59 Å². The lowest BCUT2D eigenvalue weighted by Crippen LogP contribution is -2.62.